The maximum absolute atomic E-state index is 10.8. The average molecular weight is 258 g/mol. The van der Waals surface area contributed by atoms with Crippen LogP contribution in [0.4, 0.5) is 0 Å². The molecule has 1 N–H and O–H groups in total. The topological polar surface area (TPSA) is 55.0 Å². The standard InChI is InChI=1S/C15H18N2O2/c1-2-15(18)19-11-7-3-4-10-14-16-12-8-5-6-9-13(12)17-14/h2,5-6,8-9H,1,3-4,7,10-11H2,(H,16,17). The number of para-hydroxylation sites is 2. The van der Waals surface area contributed by atoms with E-state index in [0.29, 0.717) is 6.61 Å². The minimum Gasteiger partial charge on any atom is -0.463 e. The highest BCUT2D eigenvalue weighted by atomic mass is 16.5. The molecule has 1 heterocycles. The molecule has 0 spiro atoms. The molecule has 1 aromatic heterocycles. The van der Waals surface area contributed by atoms with Crippen molar-refractivity contribution in [2.45, 2.75) is 25.7 Å². The third-order valence-corrected chi connectivity index (χ3v) is 2.91. The average Bonchev–Trinajstić information content (AvgIpc) is 2.84. The van der Waals surface area contributed by atoms with Crippen LogP contribution in [0, 0.1) is 0 Å². The molecule has 0 atom stereocenters. The second-order valence-electron chi connectivity index (χ2n) is 4.38. The number of benzene rings is 1. The Bertz CT molecular complexity index is 527. The highest BCUT2D eigenvalue weighted by Crippen LogP contribution is 2.12. The molecule has 4 heteroatoms. The van der Waals surface area contributed by atoms with Crippen molar-refractivity contribution in [1.82, 2.24) is 9.97 Å². The van der Waals surface area contributed by atoms with E-state index in [4.69, 9.17) is 4.74 Å². The number of ether oxygens (including phenoxy) is 1. The van der Waals surface area contributed by atoms with E-state index in [9.17, 15) is 4.79 Å². The van der Waals surface area contributed by atoms with Gasteiger partial charge < -0.3 is 9.72 Å². The maximum Gasteiger partial charge on any atom is 0.330 e. The van der Waals surface area contributed by atoms with Gasteiger partial charge in [-0.1, -0.05) is 18.7 Å². The quantitative estimate of drug-likeness (QED) is 0.472. The van der Waals surface area contributed by atoms with Crippen molar-refractivity contribution < 1.29 is 9.53 Å². The molecule has 0 radical (unpaired) electrons. The number of nitrogens with one attached hydrogen (secondary N) is 1. The number of carbonyl (C=O) groups is 1. The summed E-state index contributed by atoms with van der Waals surface area (Å²) in [6.07, 6.45) is 5.03. The van der Waals surface area contributed by atoms with Crippen LogP contribution in [0.25, 0.3) is 11.0 Å². The van der Waals surface area contributed by atoms with Gasteiger partial charge in [-0.3, -0.25) is 0 Å². The first-order valence-electron chi connectivity index (χ1n) is 6.52. The minimum atomic E-state index is -0.350. The molecule has 0 fully saturated rings. The number of aryl methyl sites for hydroxylation is 1. The zero-order chi connectivity index (χ0) is 13.5. The second kappa shape index (κ2) is 6.73. The van der Waals surface area contributed by atoms with Crippen molar-refractivity contribution >= 4 is 17.0 Å². The lowest BCUT2D eigenvalue weighted by Gasteiger charge is -2.01. The summed E-state index contributed by atoms with van der Waals surface area (Å²) in [6, 6.07) is 8.02. The number of carbonyl (C=O) groups excluding carboxylic acids is 1. The Hall–Kier alpha value is -2.10. The summed E-state index contributed by atoms with van der Waals surface area (Å²) in [5.41, 5.74) is 2.09. The van der Waals surface area contributed by atoms with E-state index in [0.717, 1.165) is 42.5 Å². The van der Waals surface area contributed by atoms with Crippen LogP contribution in [0.2, 0.25) is 0 Å². The number of aromatic amines is 1. The van der Waals surface area contributed by atoms with Crippen molar-refractivity contribution in [3.8, 4) is 0 Å². The molecule has 0 aliphatic carbocycles. The fraction of sp³-hybridized carbons (Fsp3) is 0.333. The molecule has 2 aromatic rings. The van der Waals surface area contributed by atoms with Gasteiger partial charge in [-0.25, -0.2) is 9.78 Å². The fourth-order valence-electron chi connectivity index (χ4n) is 1.93. The summed E-state index contributed by atoms with van der Waals surface area (Å²) in [7, 11) is 0. The molecule has 0 saturated heterocycles. The molecular weight excluding hydrogens is 240 g/mol. The molecule has 100 valence electrons. The van der Waals surface area contributed by atoms with Gasteiger partial charge in [-0.2, -0.15) is 0 Å². The lowest BCUT2D eigenvalue weighted by molar-refractivity contribution is -0.137. The van der Waals surface area contributed by atoms with Crippen LogP contribution in [0.1, 0.15) is 25.1 Å². The predicted octanol–water partition coefficient (Wildman–Crippen LogP) is 3.00. The molecule has 19 heavy (non-hydrogen) atoms. The molecule has 0 bridgehead atoms. The number of nitrogens with zero attached hydrogens (tertiary/aromatic N) is 1. The maximum atomic E-state index is 10.8. The summed E-state index contributed by atoms with van der Waals surface area (Å²) >= 11 is 0. The number of rotatable bonds is 7. The minimum absolute atomic E-state index is 0.350. The van der Waals surface area contributed by atoms with Crippen LogP contribution in [-0.4, -0.2) is 22.5 Å². The van der Waals surface area contributed by atoms with E-state index >= 15 is 0 Å². The van der Waals surface area contributed by atoms with Crippen molar-refractivity contribution in [1.29, 1.82) is 0 Å². The van der Waals surface area contributed by atoms with Crippen LogP contribution in [0.15, 0.2) is 36.9 Å². The van der Waals surface area contributed by atoms with Gasteiger partial charge in [-0.15, -0.1) is 0 Å². The van der Waals surface area contributed by atoms with Crippen molar-refractivity contribution in [3.05, 3.63) is 42.7 Å². The molecule has 0 aliphatic rings. The Morgan fingerprint density at radius 3 is 2.95 bits per heavy atom. The summed E-state index contributed by atoms with van der Waals surface area (Å²) in [5.74, 6) is 0.668. The van der Waals surface area contributed by atoms with Gasteiger partial charge in [-0.05, 0) is 31.4 Å². The number of hydrogen-bond acceptors (Lipinski definition) is 3. The monoisotopic (exact) mass is 258 g/mol. The van der Waals surface area contributed by atoms with Crippen LogP contribution < -0.4 is 0 Å². The van der Waals surface area contributed by atoms with E-state index in [-0.39, 0.29) is 5.97 Å². The van der Waals surface area contributed by atoms with Gasteiger partial charge in [0, 0.05) is 12.5 Å². The SMILES string of the molecule is C=CC(=O)OCCCCCc1nc2ccccc2[nH]1. The van der Waals surface area contributed by atoms with Crippen LogP contribution in [0.5, 0.6) is 0 Å². The molecule has 1 aromatic carbocycles. The highest BCUT2D eigenvalue weighted by Gasteiger charge is 2.01. The third kappa shape index (κ3) is 3.95. The van der Waals surface area contributed by atoms with Gasteiger partial charge >= 0.3 is 5.97 Å². The predicted molar refractivity (Wildman–Crippen MR) is 74.8 cm³/mol. The molecule has 0 unspecified atom stereocenters. The van der Waals surface area contributed by atoms with Gasteiger partial charge in [0.05, 0.1) is 17.6 Å². The number of unbranched alkanes of at least 4 members (excludes halogenated alkanes) is 2. The fourth-order valence-corrected chi connectivity index (χ4v) is 1.93. The highest BCUT2D eigenvalue weighted by molar-refractivity contribution is 5.81. The largest absolute Gasteiger partial charge is 0.463 e. The van der Waals surface area contributed by atoms with Gasteiger partial charge in [0.15, 0.2) is 0 Å². The van der Waals surface area contributed by atoms with Crippen LogP contribution >= 0.6 is 0 Å². The molecular formula is C15H18N2O2. The van der Waals surface area contributed by atoms with Gasteiger partial charge in [0.1, 0.15) is 5.82 Å². The van der Waals surface area contributed by atoms with Crippen LogP contribution in [-0.2, 0) is 16.0 Å². The zero-order valence-corrected chi connectivity index (χ0v) is 10.9. The Kier molecular flexibility index (Phi) is 4.72. The third-order valence-electron chi connectivity index (χ3n) is 2.91. The number of fused-ring (bicyclic) bond motifs is 1. The zero-order valence-electron chi connectivity index (χ0n) is 10.9. The molecule has 4 nitrogen and oxygen atoms in total. The lowest BCUT2D eigenvalue weighted by Crippen LogP contribution is -2.01. The normalized spacial score (nSPS) is 10.5. The summed E-state index contributed by atoms with van der Waals surface area (Å²) in [4.78, 5) is 18.6. The summed E-state index contributed by atoms with van der Waals surface area (Å²) < 4.78 is 4.91. The number of aromatic nitrogens is 2. The lowest BCUT2D eigenvalue weighted by atomic mass is 10.2. The Morgan fingerprint density at radius 1 is 1.32 bits per heavy atom. The number of imidazole rings is 1. The van der Waals surface area contributed by atoms with Gasteiger partial charge in [0.25, 0.3) is 0 Å². The van der Waals surface area contributed by atoms with E-state index in [1.807, 2.05) is 24.3 Å². The van der Waals surface area contributed by atoms with E-state index < -0.39 is 0 Å². The Balaban J connectivity index is 1.68. The van der Waals surface area contributed by atoms with E-state index in [1.165, 1.54) is 6.08 Å². The van der Waals surface area contributed by atoms with Gasteiger partial charge in [0.2, 0.25) is 0 Å². The van der Waals surface area contributed by atoms with Crippen LogP contribution in [0.3, 0.4) is 0 Å². The first-order valence-corrected chi connectivity index (χ1v) is 6.52. The summed E-state index contributed by atoms with van der Waals surface area (Å²) in [6.45, 7) is 3.81. The molecule has 0 aliphatic heterocycles. The van der Waals surface area contributed by atoms with Crippen molar-refractivity contribution in [3.63, 3.8) is 0 Å². The first-order chi connectivity index (χ1) is 9.29. The molecule has 0 saturated carbocycles. The first kappa shape index (κ1) is 13.3. The van der Waals surface area contributed by atoms with Crippen molar-refractivity contribution in [2.75, 3.05) is 6.61 Å². The number of H-pyrrole nitrogens is 1. The van der Waals surface area contributed by atoms with E-state index in [1.54, 1.807) is 0 Å². The van der Waals surface area contributed by atoms with E-state index in [2.05, 4.69) is 16.5 Å². The molecule has 2 rings (SSSR count). The second-order valence-corrected chi connectivity index (χ2v) is 4.38. The Morgan fingerprint density at radius 2 is 2.16 bits per heavy atom. The number of hydrogen-bond donors (Lipinski definition) is 1. The molecule has 0 amide bonds. The van der Waals surface area contributed by atoms with Crippen molar-refractivity contribution in [2.24, 2.45) is 0 Å². The number of esters is 1. The Labute approximate surface area is 112 Å². The smallest absolute Gasteiger partial charge is 0.330 e. The summed E-state index contributed by atoms with van der Waals surface area (Å²) in [5, 5.41) is 0.